The van der Waals surface area contributed by atoms with Gasteiger partial charge in [-0.2, -0.15) is 13.2 Å². The molecule has 0 aliphatic heterocycles. The Hall–Kier alpha value is -2.64. The lowest BCUT2D eigenvalue weighted by Gasteiger charge is -2.22. The standard InChI is InChI=1S/C25H26F3N3S/c1-2-13-31(16-18-17-32-24-7-4-3-6-20(18)24)14-5-11-29-22-10-12-30-23-15-19(25(26,27)28)8-9-21(22)23/h3-4,6-10,12,15,17H,2,5,11,13-14,16H2,1H3,(H,29,30). The van der Waals surface area contributed by atoms with Crippen LogP contribution in [0.25, 0.3) is 21.0 Å². The van der Waals surface area contributed by atoms with Crippen LogP contribution in [0.15, 0.2) is 60.1 Å². The zero-order valence-electron chi connectivity index (χ0n) is 18.0. The molecule has 0 atom stereocenters. The Bertz CT molecular complexity index is 1190. The summed E-state index contributed by atoms with van der Waals surface area (Å²) in [6.45, 7) is 5.84. The SMILES string of the molecule is CCCN(CCCNc1ccnc2cc(C(F)(F)F)ccc12)Cc1csc2ccccc12. The van der Waals surface area contributed by atoms with Gasteiger partial charge in [0.1, 0.15) is 0 Å². The van der Waals surface area contributed by atoms with Gasteiger partial charge in [-0.25, -0.2) is 0 Å². The van der Waals surface area contributed by atoms with Crippen molar-refractivity contribution >= 4 is 38.0 Å². The molecule has 0 spiro atoms. The third kappa shape index (κ3) is 5.22. The van der Waals surface area contributed by atoms with Crippen molar-refractivity contribution in [2.75, 3.05) is 25.0 Å². The Labute approximate surface area is 189 Å². The van der Waals surface area contributed by atoms with Crippen molar-refractivity contribution in [3.63, 3.8) is 0 Å². The number of fused-ring (bicyclic) bond motifs is 2. The summed E-state index contributed by atoms with van der Waals surface area (Å²) in [5, 5.41) is 7.68. The Morgan fingerprint density at radius 3 is 2.69 bits per heavy atom. The highest BCUT2D eigenvalue weighted by Gasteiger charge is 2.30. The second-order valence-corrected chi connectivity index (χ2v) is 8.81. The van der Waals surface area contributed by atoms with Crippen LogP contribution in [-0.2, 0) is 12.7 Å². The second-order valence-electron chi connectivity index (χ2n) is 7.90. The van der Waals surface area contributed by atoms with Gasteiger partial charge in [-0.05, 0) is 60.0 Å². The first-order chi connectivity index (χ1) is 15.5. The number of hydrogen-bond donors (Lipinski definition) is 1. The number of anilines is 1. The van der Waals surface area contributed by atoms with E-state index in [-0.39, 0.29) is 0 Å². The van der Waals surface area contributed by atoms with E-state index in [0.717, 1.165) is 56.8 Å². The molecule has 0 bridgehead atoms. The summed E-state index contributed by atoms with van der Waals surface area (Å²) in [5.41, 5.74) is 1.86. The predicted molar refractivity (Wildman–Crippen MR) is 127 cm³/mol. The van der Waals surface area contributed by atoms with Gasteiger partial charge < -0.3 is 5.32 Å². The van der Waals surface area contributed by atoms with Gasteiger partial charge in [-0.15, -0.1) is 11.3 Å². The minimum Gasteiger partial charge on any atom is -0.384 e. The predicted octanol–water partition coefficient (Wildman–Crippen LogP) is 7.18. The molecule has 0 aliphatic carbocycles. The van der Waals surface area contributed by atoms with E-state index >= 15 is 0 Å². The van der Waals surface area contributed by atoms with Crippen LogP contribution in [0.3, 0.4) is 0 Å². The summed E-state index contributed by atoms with van der Waals surface area (Å²) >= 11 is 1.79. The Morgan fingerprint density at radius 1 is 1.03 bits per heavy atom. The molecular weight excluding hydrogens is 431 g/mol. The minimum absolute atomic E-state index is 0.349. The molecule has 7 heteroatoms. The zero-order valence-corrected chi connectivity index (χ0v) is 18.8. The molecule has 2 aromatic carbocycles. The number of nitrogens with zero attached hydrogens (tertiary/aromatic N) is 2. The third-order valence-corrected chi connectivity index (χ3v) is 6.54. The van der Waals surface area contributed by atoms with Crippen molar-refractivity contribution in [3.8, 4) is 0 Å². The molecule has 1 N–H and O–H groups in total. The fraction of sp³-hybridized carbons (Fsp3) is 0.320. The molecule has 168 valence electrons. The molecule has 3 nitrogen and oxygen atoms in total. The first-order valence-electron chi connectivity index (χ1n) is 10.8. The van der Waals surface area contributed by atoms with E-state index in [1.807, 2.05) is 6.07 Å². The van der Waals surface area contributed by atoms with Crippen LogP contribution in [0.2, 0.25) is 0 Å². The fourth-order valence-electron chi connectivity index (χ4n) is 3.99. The lowest BCUT2D eigenvalue weighted by Crippen LogP contribution is -2.26. The molecule has 4 rings (SSSR count). The Balaban J connectivity index is 1.37. The van der Waals surface area contributed by atoms with Gasteiger partial charge in [0.05, 0.1) is 11.1 Å². The number of hydrogen-bond acceptors (Lipinski definition) is 4. The van der Waals surface area contributed by atoms with Crippen LogP contribution in [0.4, 0.5) is 18.9 Å². The Morgan fingerprint density at radius 2 is 1.88 bits per heavy atom. The van der Waals surface area contributed by atoms with Gasteiger partial charge >= 0.3 is 6.18 Å². The molecule has 32 heavy (non-hydrogen) atoms. The molecular formula is C25H26F3N3S. The minimum atomic E-state index is -4.37. The van der Waals surface area contributed by atoms with Crippen molar-refractivity contribution in [1.82, 2.24) is 9.88 Å². The number of thiophene rings is 1. The number of benzene rings is 2. The van der Waals surface area contributed by atoms with E-state index in [2.05, 4.69) is 51.8 Å². The molecule has 0 amide bonds. The van der Waals surface area contributed by atoms with Crippen molar-refractivity contribution in [3.05, 3.63) is 71.2 Å². The number of halogens is 3. The van der Waals surface area contributed by atoms with Gasteiger partial charge in [-0.3, -0.25) is 9.88 Å². The molecule has 0 fully saturated rings. The molecule has 0 unspecified atom stereocenters. The quantitative estimate of drug-likeness (QED) is 0.270. The molecule has 4 aromatic rings. The van der Waals surface area contributed by atoms with Crippen molar-refractivity contribution in [1.29, 1.82) is 0 Å². The number of pyridine rings is 1. The van der Waals surface area contributed by atoms with E-state index in [1.54, 1.807) is 17.5 Å². The lowest BCUT2D eigenvalue weighted by atomic mass is 10.1. The number of nitrogens with one attached hydrogen (secondary N) is 1. The lowest BCUT2D eigenvalue weighted by molar-refractivity contribution is -0.137. The van der Waals surface area contributed by atoms with E-state index in [9.17, 15) is 13.2 Å². The maximum Gasteiger partial charge on any atom is 0.416 e. The highest BCUT2D eigenvalue weighted by atomic mass is 32.1. The maximum atomic E-state index is 13.0. The van der Waals surface area contributed by atoms with Crippen molar-refractivity contribution in [2.24, 2.45) is 0 Å². The van der Waals surface area contributed by atoms with Gasteiger partial charge in [0.25, 0.3) is 0 Å². The topological polar surface area (TPSA) is 28.2 Å². The van der Waals surface area contributed by atoms with Crippen LogP contribution in [0.5, 0.6) is 0 Å². The third-order valence-electron chi connectivity index (χ3n) is 5.53. The van der Waals surface area contributed by atoms with E-state index in [1.165, 1.54) is 21.7 Å². The average Bonchev–Trinajstić information content (AvgIpc) is 3.18. The van der Waals surface area contributed by atoms with Gasteiger partial charge in [0.2, 0.25) is 0 Å². The van der Waals surface area contributed by atoms with Gasteiger partial charge in [0, 0.05) is 41.6 Å². The fourth-order valence-corrected chi connectivity index (χ4v) is 4.94. The number of alkyl halides is 3. The summed E-state index contributed by atoms with van der Waals surface area (Å²) < 4.78 is 40.3. The van der Waals surface area contributed by atoms with Crippen molar-refractivity contribution in [2.45, 2.75) is 32.5 Å². The monoisotopic (exact) mass is 457 g/mol. The summed E-state index contributed by atoms with van der Waals surface area (Å²) in [5.74, 6) is 0. The van der Waals surface area contributed by atoms with Crippen molar-refractivity contribution < 1.29 is 13.2 Å². The molecule has 0 saturated carbocycles. The molecule has 0 aliphatic rings. The van der Waals surface area contributed by atoms with Crippen LogP contribution in [0.1, 0.15) is 30.9 Å². The van der Waals surface area contributed by atoms with Crippen LogP contribution in [0, 0.1) is 0 Å². The van der Waals surface area contributed by atoms with Gasteiger partial charge in [-0.1, -0.05) is 31.2 Å². The summed E-state index contributed by atoms with van der Waals surface area (Å²) in [4.78, 5) is 6.58. The van der Waals surface area contributed by atoms with Crippen LogP contribution >= 0.6 is 11.3 Å². The molecule has 0 saturated heterocycles. The van der Waals surface area contributed by atoms with E-state index in [0.29, 0.717) is 10.9 Å². The number of aromatic nitrogens is 1. The highest BCUT2D eigenvalue weighted by molar-refractivity contribution is 7.17. The summed E-state index contributed by atoms with van der Waals surface area (Å²) in [7, 11) is 0. The molecule has 2 heterocycles. The first kappa shape index (κ1) is 22.6. The second kappa shape index (κ2) is 9.88. The van der Waals surface area contributed by atoms with E-state index < -0.39 is 11.7 Å². The summed E-state index contributed by atoms with van der Waals surface area (Å²) in [6.07, 6.45) is -0.787. The molecule has 0 radical (unpaired) electrons. The van der Waals surface area contributed by atoms with Gasteiger partial charge in [0.15, 0.2) is 0 Å². The average molecular weight is 458 g/mol. The normalized spacial score (nSPS) is 12.2. The smallest absolute Gasteiger partial charge is 0.384 e. The molecule has 2 aromatic heterocycles. The zero-order chi connectivity index (χ0) is 22.6. The highest BCUT2D eigenvalue weighted by Crippen LogP contribution is 2.32. The summed E-state index contributed by atoms with van der Waals surface area (Å²) in [6, 6.07) is 14.0. The largest absolute Gasteiger partial charge is 0.416 e. The van der Waals surface area contributed by atoms with E-state index in [4.69, 9.17) is 0 Å². The first-order valence-corrected chi connectivity index (χ1v) is 11.7. The maximum absolute atomic E-state index is 13.0. The van der Waals surface area contributed by atoms with Crippen LogP contribution < -0.4 is 5.32 Å². The Kier molecular flexibility index (Phi) is 6.96. The number of rotatable bonds is 9. The van der Waals surface area contributed by atoms with Crippen LogP contribution in [-0.4, -0.2) is 29.5 Å².